The summed E-state index contributed by atoms with van der Waals surface area (Å²) in [6, 6.07) is 8.35. The van der Waals surface area contributed by atoms with Crippen molar-refractivity contribution >= 4 is 21.8 Å². The molecule has 26 heavy (non-hydrogen) atoms. The monoisotopic (exact) mass is 414 g/mol. The van der Waals surface area contributed by atoms with Crippen LogP contribution in [-0.4, -0.2) is 33.9 Å². The van der Waals surface area contributed by atoms with Crippen LogP contribution >= 0.6 is 15.9 Å². The van der Waals surface area contributed by atoms with E-state index >= 15 is 0 Å². The second-order valence-electron chi connectivity index (χ2n) is 7.13. The van der Waals surface area contributed by atoms with Gasteiger partial charge in [-0.3, -0.25) is 9.69 Å². The maximum atomic E-state index is 12.6. The third-order valence-electron chi connectivity index (χ3n) is 5.07. The molecule has 2 aliphatic rings. The molecule has 5 nitrogen and oxygen atoms in total. The Morgan fingerprint density at radius 1 is 1.19 bits per heavy atom. The van der Waals surface area contributed by atoms with Crippen molar-refractivity contribution in [1.82, 2.24) is 20.2 Å². The third kappa shape index (κ3) is 4.13. The van der Waals surface area contributed by atoms with Crippen molar-refractivity contribution in [2.45, 2.75) is 44.7 Å². The minimum absolute atomic E-state index is 0.155. The molecule has 136 valence electrons. The first-order valence-corrected chi connectivity index (χ1v) is 10.1. The standard InChI is InChI=1S/C20H23BrN4O/c21-17-12-22-19(14-7-8-14)24-18(17)20(26)23-11-15-5-1-2-6-16(15)13-25-9-3-4-10-25/h1-2,5-6,12,14H,3-4,7-11,13H2,(H,23,26). The predicted octanol–water partition coefficient (Wildman–Crippen LogP) is 3.64. The van der Waals surface area contributed by atoms with E-state index < -0.39 is 0 Å². The van der Waals surface area contributed by atoms with Gasteiger partial charge in [-0.15, -0.1) is 0 Å². The molecule has 0 atom stereocenters. The highest BCUT2D eigenvalue weighted by Crippen LogP contribution is 2.38. The largest absolute Gasteiger partial charge is 0.347 e. The summed E-state index contributed by atoms with van der Waals surface area (Å²) in [5, 5.41) is 3.03. The first-order chi connectivity index (χ1) is 12.7. The first kappa shape index (κ1) is 17.6. The molecule has 1 aromatic heterocycles. The number of benzene rings is 1. The molecule has 1 saturated carbocycles. The quantitative estimate of drug-likeness (QED) is 0.783. The number of halogens is 1. The zero-order valence-electron chi connectivity index (χ0n) is 14.7. The number of hydrogen-bond acceptors (Lipinski definition) is 4. The lowest BCUT2D eigenvalue weighted by Gasteiger charge is -2.17. The molecule has 0 radical (unpaired) electrons. The second-order valence-corrected chi connectivity index (χ2v) is 7.99. The molecule has 1 aliphatic carbocycles. The van der Waals surface area contributed by atoms with E-state index in [9.17, 15) is 4.79 Å². The second kappa shape index (κ2) is 7.84. The van der Waals surface area contributed by atoms with Gasteiger partial charge in [-0.25, -0.2) is 9.97 Å². The first-order valence-electron chi connectivity index (χ1n) is 9.30. The van der Waals surface area contributed by atoms with Gasteiger partial charge in [0.25, 0.3) is 5.91 Å². The Balaban J connectivity index is 1.44. The molecule has 1 aliphatic heterocycles. The topological polar surface area (TPSA) is 58.1 Å². The van der Waals surface area contributed by atoms with Crippen molar-refractivity contribution in [3.8, 4) is 0 Å². The number of aromatic nitrogens is 2. The van der Waals surface area contributed by atoms with Crippen LogP contribution in [0.15, 0.2) is 34.9 Å². The van der Waals surface area contributed by atoms with Crippen molar-refractivity contribution in [1.29, 1.82) is 0 Å². The van der Waals surface area contributed by atoms with Crippen LogP contribution in [-0.2, 0) is 13.1 Å². The van der Waals surface area contributed by atoms with Gasteiger partial charge in [-0.2, -0.15) is 0 Å². The molecule has 2 heterocycles. The number of amides is 1. The zero-order valence-corrected chi connectivity index (χ0v) is 16.3. The zero-order chi connectivity index (χ0) is 17.9. The maximum absolute atomic E-state index is 12.6. The summed E-state index contributed by atoms with van der Waals surface area (Å²) in [7, 11) is 0. The van der Waals surface area contributed by atoms with E-state index in [0.717, 1.165) is 25.2 Å². The minimum atomic E-state index is -0.155. The lowest BCUT2D eigenvalue weighted by molar-refractivity contribution is 0.0944. The highest BCUT2D eigenvalue weighted by molar-refractivity contribution is 9.10. The van der Waals surface area contributed by atoms with Gasteiger partial charge >= 0.3 is 0 Å². The lowest BCUT2D eigenvalue weighted by atomic mass is 10.1. The maximum Gasteiger partial charge on any atom is 0.271 e. The van der Waals surface area contributed by atoms with Crippen LogP contribution in [0.5, 0.6) is 0 Å². The highest BCUT2D eigenvalue weighted by atomic mass is 79.9. The van der Waals surface area contributed by atoms with E-state index in [0.29, 0.717) is 22.6 Å². The molecule has 0 spiro atoms. The van der Waals surface area contributed by atoms with Gasteiger partial charge in [0.15, 0.2) is 0 Å². The number of nitrogens with zero attached hydrogens (tertiary/aromatic N) is 3. The van der Waals surface area contributed by atoms with E-state index in [-0.39, 0.29) is 5.91 Å². The molecule has 1 aromatic carbocycles. The van der Waals surface area contributed by atoms with Crippen LogP contribution in [0.25, 0.3) is 0 Å². The molecule has 1 saturated heterocycles. The van der Waals surface area contributed by atoms with Crippen molar-refractivity contribution in [3.05, 3.63) is 57.6 Å². The molecule has 2 aromatic rings. The number of carbonyl (C=O) groups is 1. The number of carbonyl (C=O) groups excluding carboxylic acids is 1. The predicted molar refractivity (Wildman–Crippen MR) is 104 cm³/mol. The average molecular weight is 415 g/mol. The summed E-state index contributed by atoms with van der Waals surface area (Å²) in [6.07, 6.45) is 6.49. The molecule has 1 amide bonds. The van der Waals surface area contributed by atoms with Crippen molar-refractivity contribution in [2.75, 3.05) is 13.1 Å². The summed E-state index contributed by atoms with van der Waals surface area (Å²) < 4.78 is 0.643. The summed E-state index contributed by atoms with van der Waals surface area (Å²) in [5.41, 5.74) is 2.88. The van der Waals surface area contributed by atoms with Gasteiger partial charge in [0, 0.05) is 25.2 Å². The van der Waals surface area contributed by atoms with Crippen LogP contribution in [0.2, 0.25) is 0 Å². The van der Waals surface area contributed by atoms with Crippen LogP contribution in [0.1, 0.15) is 59.0 Å². The molecule has 4 rings (SSSR count). The Kier molecular flexibility index (Phi) is 5.31. The van der Waals surface area contributed by atoms with Gasteiger partial charge in [0.2, 0.25) is 0 Å². The smallest absolute Gasteiger partial charge is 0.271 e. The van der Waals surface area contributed by atoms with Crippen LogP contribution in [0.3, 0.4) is 0 Å². The molecule has 0 bridgehead atoms. The summed E-state index contributed by atoms with van der Waals surface area (Å²) in [4.78, 5) is 23.9. The summed E-state index contributed by atoms with van der Waals surface area (Å²) in [5.74, 6) is 1.06. The molecule has 1 N–H and O–H groups in total. The molecular formula is C20H23BrN4O. The Labute approximate surface area is 162 Å². The van der Waals surface area contributed by atoms with Crippen LogP contribution in [0.4, 0.5) is 0 Å². The number of hydrogen-bond donors (Lipinski definition) is 1. The fourth-order valence-electron chi connectivity index (χ4n) is 3.40. The molecule has 6 heteroatoms. The Bertz CT molecular complexity index is 800. The van der Waals surface area contributed by atoms with Crippen molar-refractivity contribution in [3.63, 3.8) is 0 Å². The van der Waals surface area contributed by atoms with Gasteiger partial charge in [0.1, 0.15) is 11.5 Å². The lowest BCUT2D eigenvalue weighted by Crippen LogP contribution is -2.26. The normalized spacial score (nSPS) is 17.4. The molecule has 0 unspecified atom stereocenters. The van der Waals surface area contributed by atoms with E-state index in [1.807, 2.05) is 6.07 Å². The number of rotatable bonds is 6. The Morgan fingerprint density at radius 3 is 2.65 bits per heavy atom. The summed E-state index contributed by atoms with van der Waals surface area (Å²) in [6.45, 7) is 3.80. The number of nitrogens with one attached hydrogen (secondary N) is 1. The van der Waals surface area contributed by atoms with E-state index in [4.69, 9.17) is 0 Å². The Hall–Kier alpha value is -1.79. The van der Waals surface area contributed by atoms with Gasteiger partial charge in [-0.05, 0) is 65.8 Å². The van der Waals surface area contributed by atoms with Crippen molar-refractivity contribution in [2.24, 2.45) is 0 Å². The highest BCUT2D eigenvalue weighted by Gasteiger charge is 2.28. The van der Waals surface area contributed by atoms with E-state index in [1.54, 1.807) is 6.20 Å². The van der Waals surface area contributed by atoms with Crippen molar-refractivity contribution < 1.29 is 4.79 Å². The average Bonchev–Trinajstić information content (AvgIpc) is 3.38. The number of likely N-dealkylation sites (tertiary alicyclic amines) is 1. The van der Waals surface area contributed by atoms with Gasteiger partial charge < -0.3 is 5.32 Å². The fourth-order valence-corrected chi connectivity index (χ4v) is 3.77. The van der Waals surface area contributed by atoms with E-state index in [1.165, 1.54) is 37.1 Å². The van der Waals surface area contributed by atoms with E-state index in [2.05, 4.69) is 54.3 Å². The SMILES string of the molecule is O=C(NCc1ccccc1CN1CCCC1)c1nc(C2CC2)ncc1Br. The minimum Gasteiger partial charge on any atom is -0.347 e. The Morgan fingerprint density at radius 2 is 1.92 bits per heavy atom. The van der Waals surface area contributed by atoms with Gasteiger partial charge in [-0.1, -0.05) is 24.3 Å². The van der Waals surface area contributed by atoms with Gasteiger partial charge in [0.05, 0.1) is 4.47 Å². The third-order valence-corrected chi connectivity index (χ3v) is 5.65. The molecular weight excluding hydrogens is 392 g/mol. The van der Waals surface area contributed by atoms with Crippen LogP contribution in [0, 0.1) is 0 Å². The fraction of sp³-hybridized carbons (Fsp3) is 0.450. The molecule has 2 fully saturated rings. The summed E-state index contributed by atoms with van der Waals surface area (Å²) >= 11 is 3.41. The van der Waals surface area contributed by atoms with Crippen LogP contribution < -0.4 is 5.32 Å².